The zero-order valence-electron chi connectivity index (χ0n) is 12.4. The van der Waals surface area contributed by atoms with Crippen molar-refractivity contribution in [2.45, 2.75) is 31.2 Å². The Kier molecular flexibility index (Phi) is 8.14. The lowest BCUT2D eigenvalue weighted by Gasteiger charge is -2.13. The first-order valence-electron chi connectivity index (χ1n) is 6.92. The van der Waals surface area contributed by atoms with Crippen LogP contribution in [0.3, 0.4) is 0 Å². The number of amides is 1. The van der Waals surface area contributed by atoms with Gasteiger partial charge in [-0.15, -0.1) is 11.8 Å². The highest BCUT2D eigenvalue weighted by Crippen LogP contribution is 2.21. The molecule has 0 saturated heterocycles. The molecule has 5 heteroatoms. The van der Waals surface area contributed by atoms with Gasteiger partial charge in [0.05, 0.1) is 7.11 Å². The molecule has 0 fully saturated rings. The molecule has 112 valence electrons. The Labute approximate surface area is 125 Å². The Balaban J connectivity index is 2.17. The molecule has 20 heavy (non-hydrogen) atoms. The Morgan fingerprint density at radius 1 is 1.35 bits per heavy atom. The van der Waals surface area contributed by atoms with E-state index in [1.54, 1.807) is 18.9 Å². The van der Waals surface area contributed by atoms with E-state index in [1.807, 2.05) is 24.3 Å². The first kappa shape index (κ1) is 16.9. The first-order chi connectivity index (χ1) is 9.65. The third kappa shape index (κ3) is 6.82. The maximum Gasteiger partial charge on any atom is 0.220 e. The zero-order chi connectivity index (χ0) is 14.8. The van der Waals surface area contributed by atoms with Gasteiger partial charge in [-0.05, 0) is 37.7 Å². The summed E-state index contributed by atoms with van der Waals surface area (Å²) in [7, 11) is 1.65. The second-order valence-corrected chi connectivity index (χ2v) is 5.71. The first-order valence-corrected chi connectivity index (χ1v) is 7.91. The maximum absolute atomic E-state index is 11.7. The van der Waals surface area contributed by atoms with Crippen LogP contribution >= 0.6 is 11.8 Å². The van der Waals surface area contributed by atoms with Crippen molar-refractivity contribution in [3.05, 3.63) is 24.3 Å². The third-order valence-corrected chi connectivity index (χ3v) is 3.83. The summed E-state index contributed by atoms with van der Waals surface area (Å²) in [6.07, 6.45) is 0.537. The molecular formula is C15H24N2O2S. The van der Waals surface area contributed by atoms with Crippen molar-refractivity contribution < 1.29 is 9.53 Å². The number of methoxy groups -OCH3 is 1. The van der Waals surface area contributed by atoms with Crippen LogP contribution in [0.2, 0.25) is 0 Å². The van der Waals surface area contributed by atoms with Crippen LogP contribution in [-0.4, -0.2) is 37.9 Å². The summed E-state index contributed by atoms with van der Waals surface area (Å²) >= 11 is 1.68. The van der Waals surface area contributed by atoms with E-state index in [4.69, 9.17) is 4.74 Å². The van der Waals surface area contributed by atoms with Crippen LogP contribution in [0.1, 0.15) is 20.3 Å². The average molecular weight is 296 g/mol. The van der Waals surface area contributed by atoms with Crippen molar-refractivity contribution in [2.75, 3.05) is 26.0 Å². The lowest BCUT2D eigenvalue weighted by molar-refractivity contribution is -0.120. The van der Waals surface area contributed by atoms with E-state index in [0.717, 1.165) is 22.9 Å². The molecule has 0 aliphatic rings. The molecule has 4 nitrogen and oxygen atoms in total. The summed E-state index contributed by atoms with van der Waals surface area (Å²) in [4.78, 5) is 12.8. The van der Waals surface area contributed by atoms with Crippen LogP contribution in [0.5, 0.6) is 5.75 Å². The Morgan fingerprint density at radius 2 is 2.05 bits per heavy atom. The van der Waals surface area contributed by atoms with E-state index in [1.165, 1.54) is 0 Å². The molecule has 1 aromatic carbocycles. The van der Waals surface area contributed by atoms with E-state index >= 15 is 0 Å². The number of nitrogens with one attached hydrogen (secondary N) is 2. The number of carbonyl (C=O) groups excluding carboxylic acids is 1. The highest BCUT2D eigenvalue weighted by atomic mass is 32.2. The normalized spacial score (nSPS) is 11.9. The summed E-state index contributed by atoms with van der Waals surface area (Å²) in [6, 6.07) is 8.20. The Morgan fingerprint density at radius 3 is 2.65 bits per heavy atom. The smallest absolute Gasteiger partial charge is 0.220 e. The number of ether oxygens (including phenoxy) is 1. The molecule has 0 spiro atoms. The lowest BCUT2D eigenvalue weighted by Crippen LogP contribution is -2.38. The Hall–Kier alpha value is -1.20. The van der Waals surface area contributed by atoms with Crippen molar-refractivity contribution in [2.24, 2.45) is 0 Å². The zero-order valence-corrected chi connectivity index (χ0v) is 13.3. The van der Waals surface area contributed by atoms with Crippen molar-refractivity contribution >= 4 is 17.7 Å². The molecule has 0 aromatic heterocycles. The third-order valence-electron chi connectivity index (χ3n) is 2.82. The Bertz CT molecular complexity index is 395. The SMILES string of the molecule is CCN[C@H](C)CNC(=O)CCSc1ccc(OC)cc1. The van der Waals surface area contributed by atoms with Gasteiger partial charge in [0.25, 0.3) is 0 Å². The molecule has 0 unspecified atom stereocenters. The van der Waals surface area contributed by atoms with E-state index in [-0.39, 0.29) is 5.91 Å². The molecule has 0 heterocycles. The quantitative estimate of drug-likeness (QED) is 0.687. The summed E-state index contributed by atoms with van der Waals surface area (Å²) in [6.45, 7) is 5.73. The van der Waals surface area contributed by atoms with E-state index in [9.17, 15) is 4.79 Å². The molecule has 1 atom stereocenters. The van der Waals surface area contributed by atoms with Gasteiger partial charge in [-0.25, -0.2) is 0 Å². The number of likely N-dealkylation sites (N-methyl/N-ethyl adjacent to an activating group) is 1. The summed E-state index contributed by atoms with van der Waals surface area (Å²) in [5.41, 5.74) is 0. The molecule has 0 aliphatic carbocycles. The van der Waals surface area contributed by atoms with Crippen LogP contribution < -0.4 is 15.4 Å². The highest BCUT2D eigenvalue weighted by molar-refractivity contribution is 7.99. The molecule has 0 bridgehead atoms. The van der Waals surface area contributed by atoms with Gasteiger partial charge in [0, 0.05) is 29.7 Å². The standard InChI is InChI=1S/C15H24N2O2S/c1-4-16-12(2)11-17-15(18)9-10-20-14-7-5-13(19-3)6-8-14/h5-8,12,16H,4,9-11H2,1-3H3,(H,17,18)/t12-/m1/s1. The minimum atomic E-state index is 0.107. The van der Waals surface area contributed by atoms with Crippen molar-refractivity contribution in [1.29, 1.82) is 0 Å². The minimum Gasteiger partial charge on any atom is -0.497 e. The van der Waals surface area contributed by atoms with Gasteiger partial charge < -0.3 is 15.4 Å². The fraction of sp³-hybridized carbons (Fsp3) is 0.533. The van der Waals surface area contributed by atoms with Crippen molar-refractivity contribution in [3.8, 4) is 5.75 Å². The summed E-state index contributed by atoms with van der Waals surface area (Å²) in [5, 5.41) is 6.20. The number of carbonyl (C=O) groups is 1. The predicted octanol–water partition coefficient (Wildman–Crippen LogP) is 2.29. The number of rotatable bonds is 9. The summed E-state index contributed by atoms with van der Waals surface area (Å²) in [5.74, 6) is 1.74. The highest BCUT2D eigenvalue weighted by Gasteiger charge is 2.04. The van der Waals surface area contributed by atoms with Gasteiger partial charge in [0.2, 0.25) is 5.91 Å². The van der Waals surface area contributed by atoms with E-state index < -0.39 is 0 Å². The monoisotopic (exact) mass is 296 g/mol. The van der Waals surface area contributed by atoms with E-state index in [2.05, 4.69) is 24.5 Å². The van der Waals surface area contributed by atoms with Crippen LogP contribution in [0.15, 0.2) is 29.2 Å². The van der Waals surface area contributed by atoms with Gasteiger partial charge in [-0.2, -0.15) is 0 Å². The van der Waals surface area contributed by atoms with Crippen LogP contribution in [0, 0.1) is 0 Å². The molecule has 0 radical (unpaired) electrons. The van der Waals surface area contributed by atoms with Crippen LogP contribution in [-0.2, 0) is 4.79 Å². The minimum absolute atomic E-state index is 0.107. The molecule has 1 aromatic rings. The maximum atomic E-state index is 11.7. The second-order valence-electron chi connectivity index (χ2n) is 4.54. The number of benzene rings is 1. The fourth-order valence-electron chi connectivity index (χ4n) is 1.71. The molecule has 2 N–H and O–H groups in total. The lowest BCUT2D eigenvalue weighted by atomic mass is 10.3. The number of thioether (sulfide) groups is 1. The van der Waals surface area contributed by atoms with Crippen LogP contribution in [0.25, 0.3) is 0 Å². The topological polar surface area (TPSA) is 50.4 Å². The average Bonchev–Trinajstić information content (AvgIpc) is 2.46. The van der Waals surface area contributed by atoms with Gasteiger partial charge in [0.1, 0.15) is 5.75 Å². The van der Waals surface area contributed by atoms with Gasteiger partial charge in [-0.3, -0.25) is 4.79 Å². The van der Waals surface area contributed by atoms with Crippen molar-refractivity contribution in [1.82, 2.24) is 10.6 Å². The van der Waals surface area contributed by atoms with Crippen molar-refractivity contribution in [3.63, 3.8) is 0 Å². The summed E-state index contributed by atoms with van der Waals surface area (Å²) < 4.78 is 5.11. The fourth-order valence-corrected chi connectivity index (χ4v) is 2.56. The molecule has 1 rings (SSSR count). The number of hydrogen-bond donors (Lipinski definition) is 2. The van der Waals surface area contributed by atoms with Gasteiger partial charge >= 0.3 is 0 Å². The van der Waals surface area contributed by atoms with Gasteiger partial charge in [-0.1, -0.05) is 6.92 Å². The molecule has 0 aliphatic heterocycles. The predicted molar refractivity (Wildman–Crippen MR) is 84.5 cm³/mol. The second kappa shape index (κ2) is 9.66. The molecule has 1 amide bonds. The van der Waals surface area contributed by atoms with E-state index in [0.29, 0.717) is 19.0 Å². The van der Waals surface area contributed by atoms with Crippen LogP contribution in [0.4, 0.5) is 0 Å². The number of hydrogen-bond acceptors (Lipinski definition) is 4. The van der Waals surface area contributed by atoms with Gasteiger partial charge in [0.15, 0.2) is 0 Å². The molecule has 0 saturated carbocycles. The molecular weight excluding hydrogens is 272 g/mol. The largest absolute Gasteiger partial charge is 0.497 e.